The van der Waals surface area contributed by atoms with Crippen molar-refractivity contribution in [2.24, 2.45) is 0 Å². The Morgan fingerprint density at radius 2 is 1.46 bits per heavy atom. The summed E-state index contributed by atoms with van der Waals surface area (Å²) in [5.74, 6) is -2.23. The number of ketones is 1. The largest absolute Gasteiger partial charge is 0.514 e. The first-order valence-electron chi connectivity index (χ1n) is 12.5. The topological polar surface area (TPSA) is 149 Å². The van der Waals surface area contributed by atoms with Crippen LogP contribution in [0.2, 0.25) is 0 Å². The van der Waals surface area contributed by atoms with Crippen molar-refractivity contribution in [3.8, 4) is 5.75 Å². The first-order valence-corrected chi connectivity index (χ1v) is 13.3. The van der Waals surface area contributed by atoms with Gasteiger partial charge >= 0.3 is 12.2 Å². The van der Waals surface area contributed by atoms with Crippen molar-refractivity contribution in [2.75, 3.05) is 0 Å². The second-order valence-corrected chi connectivity index (χ2v) is 9.41. The van der Waals surface area contributed by atoms with E-state index < -0.39 is 35.9 Å². The van der Waals surface area contributed by atoms with E-state index in [0.29, 0.717) is 5.56 Å². The van der Waals surface area contributed by atoms with Gasteiger partial charge in [0.05, 0.1) is 0 Å². The van der Waals surface area contributed by atoms with Gasteiger partial charge in [0.25, 0.3) is 11.8 Å². The summed E-state index contributed by atoms with van der Waals surface area (Å²) in [6, 6.07) is 21.1. The number of rotatable bonds is 11. The summed E-state index contributed by atoms with van der Waals surface area (Å²) in [5, 5.41) is 2.38. The molecule has 0 fully saturated rings. The summed E-state index contributed by atoms with van der Waals surface area (Å²) >= 11 is 3.38. The fraction of sp³-hybridized carbons (Fsp3) is 0.207. The molecule has 3 amide bonds. The highest BCUT2D eigenvalue weighted by molar-refractivity contribution is 9.10. The molecule has 0 saturated heterocycles. The normalized spacial score (nSPS) is 11.0. The minimum Gasteiger partial charge on any atom is -0.443 e. The maximum Gasteiger partial charge on any atom is 0.514 e. The van der Waals surface area contributed by atoms with Crippen molar-refractivity contribution in [2.45, 2.75) is 39.0 Å². The molecule has 3 aromatic rings. The maximum atomic E-state index is 12.8. The molecule has 0 aliphatic carbocycles. The van der Waals surface area contributed by atoms with E-state index in [1.165, 1.54) is 19.1 Å². The van der Waals surface area contributed by atoms with Crippen LogP contribution in [0.3, 0.4) is 0 Å². The molecule has 3 rings (SSSR count). The Labute approximate surface area is 244 Å². The minimum atomic E-state index is -1.21. The zero-order chi connectivity index (χ0) is 29.6. The van der Waals surface area contributed by atoms with Gasteiger partial charge in [-0.25, -0.2) is 15.0 Å². The number of benzene rings is 3. The Morgan fingerprint density at radius 1 is 0.780 bits per heavy atom. The Kier molecular flexibility index (Phi) is 11.9. The molecule has 0 heterocycles. The molecule has 0 saturated carbocycles. The SMILES string of the molecule is CCC(=O)C(=O)N[C@@H](Cc1ccc(OC(=O)OCc2ccccc2Br)cc1)C(=O)NNC(=O)OCc1ccccc1. The van der Waals surface area contributed by atoms with Gasteiger partial charge in [-0.3, -0.25) is 19.8 Å². The van der Waals surface area contributed by atoms with E-state index in [-0.39, 0.29) is 31.8 Å². The molecule has 3 N–H and O–H groups in total. The number of amides is 3. The highest BCUT2D eigenvalue weighted by Gasteiger charge is 2.24. The Balaban J connectivity index is 1.55. The molecule has 11 nitrogen and oxygen atoms in total. The summed E-state index contributed by atoms with van der Waals surface area (Å²) < 4.78 is 16.2. The standard InChI is InChI=1S/C29H28BrN3O8/c1-2-25(34)27(36)31-24(26(35)32-33-28(37)39-17-20-8-4-3-5-9-20)16-19-12-14-22(15-13-19)41-29(38)40-18-21-10-6-7-11-23(21)30/h3-15,24H,2,16-18H2,1H3,(H,31,36)(H,32,35)(H,33,37)/t24-/m0/s1. The summed E-state index contributed by atoms with van der Waals surface area (Å²) in [7, 11) is 0. The molecule has 214 valence electrons. The van der Waals surface area contributed by atoms with E-state index in [9.17, 15) is 24.0 Å². The fourth-order valence-corrected chi connectivity index (χ4v) is 3.77. The lowest BCUT2D eigenvalue weighted by atomic mass is 10.0. The summed E-state index contributed by atoms with van der Waals surface area (Å²) in [6.07, 6.45) is -1.90. The first kappa shape index (κ1) is 30.8. The van der Waals surface area contributed by atoms with Gasteiger partial charge in [-0.2, -0.15) is 0 Å². The van der Waals surface area contributed by atoms with E-state index >= 15 is 0 Å². The van der Waals surface area contributed by atoms with Crippen LogP contribution in [0.15, 0.2) is 83.3 Å². The van der Waals surface area contributed by atoms with Gasteiger partial charge in [-0.15, -0.1) is 0 Å². The predicted octanol–water partition coefficient (Wildman–Crippen LogP) is 4.13. The van der Waals surface area contributed by atoms with Crippen LogP contribution in [0.5, 0.6) is 5.75 Å². The second kappa shape index (κ2) is 15.8. The lowest BCUT2D eigenvalue weighted by molar-refractivity contribution is -0.139. The number of halogens is 1. The van der Waals surface area contributed by atoms with Crippen LogP contribution < -0.4 is 20.9 Å². The first-order chi connectivity index (χ1) is 19.7. The fourth-order valence-electron chi connectivity index (χ4n) is 3.37. The van der Waals surface area contributed by atoms with Crippen LogP contribution in [0.1, 0.15) is 30.0 Å². The van der Waals surface area contributed by atoms with Crippen molar-refractivity contribution < 1.29 is 38.2 Å². The van der Waals surface area contributed by atoms with Crippen LogP contribution in [0, 0.1) is 0 Å². The highest BCUT2D eigenvalue weighted by atomic mass is 79.9. The number of hydrogen-bond donors (Lipinski definition) is 3. The van der Waals surface area contributed by atoms with Gasteiger partial charge < -0.3 is 19.5 Å². The second-order valence-electron chi connectivity index (χ2n) is 8.56. The summed E-state index contributed by atoms with van der Waals surface area (Å²) in [5.41, 5.74) is 6.40. The number of nitrogens with one attached hydrogen (secondary N) is 3. The molecule has 0 aliphatic heterocycles. The molecule has 0 unspecified atom stereocenters. The Hall–Kier alpha value is -4.71. The zero-order valence-electron chi connectivity index (χ0n) is 22.1. The molecule has 0 spiro atoms. The maximum absolute atomic E-state index is 12.8. The number of Topliss-reactive ketones (excluding diaryl/α,β-unsaturated/α-hetero) is 1. The lowest BCUT2D eigenvalue weighted by Crippen LogP contribution is -2.54. The molecule has 0 bridgehead atoms. The monoisotopic (exact) mass is 625 g/mol. The molecule has 0 radical (unpaired) electrons. The smallest absolute Gasteiger partial charge is 0.443 e. The lowest BCUT2D eigenvalue weighted by Gasteiger charge is -2.18. The summed E-state index contributed by atoms with van der Waals surface area (Å²) in [6.45, 7) is 1.52. The minimum absolute atomic E-state index is 0.0130. The molecule has 0 aromatic heterocycles. The van der Waals surface area contributed by atoms with E-state index in [4.69, 9.17) is 14.2 Å². The third-order valence-electron chi connectivity index (χ3n) is 5.56. The molecular weight excluding hydrogens is 598 g/mol. The van der Waals surface area contributed by atoms with Crippen LogP contribution in [0.25, 0.3) is 0 Å². The van der Waals surface area contributed by atoms with Crippen LogP contribution >= 0.6 is 15.9 Å². The molecule has 0 aliphatic rings. The van der Waals surface area contributed by atoms with Gasteiger partial charge in [0.2, 0.25) is 5.78 Å². The number of carbonyl (C=O) groups is 5. The van der Waals surface area contributed by atoms with E-state index in [2.05, 4.69) is 32.1 Å². The van der Waals surface area contributed by atoms with Crippen molar-refractivity contribution in [3.05, 3.63) is 100 Å². The van der Waals surface area contributed by atoms with Gasteiger partial charge in [0.15, 0.2) is 0 Å². The third kappa shape index (κ3) is 10.4. The van der Waals surface area contributed by atoms with Gasteiger partial charge in [-0.1, -0.05) is 83.5 Å². The third-order valence-corrected chi connectivity index (χ3v) is 6.34. The van der Waals surface area contributed by atoms with Crippen molar-refractivity contribution in [1.29, 1.82) is 0 Å². The number of hydrogen-bond acceptors (Lipinski definition) is 8. The molecule has 12 heteroatoms. The van der Waals surface area contributed by atoms with Gasteiger partial charge in [-0.05, 0) is 29.3 Å². The average molecular weight is 626 g/mol. The van der Waals surface area contributed by atoms with E-state index in [0.717, 1.165) is 15.6 Å². The van der Waals surface area contributed by atoms with Gasteiger partial charge in [0.1, 0.15) is 25.0 Å². The van der Waals surface area contributed by atoms with Gasteiger partial charge in [0, 0.05) is 22.9 Å². The van der Waals surface area contributed by atoms with Crippen molar-refractivity contribution in [3.63, 3.8) is 0 Å². The van der Waals surface area contributed by atoms with Crippen molar-refractivity contribution in [1.82, 2.24) is 16.2 Å². The molecule has 3 aromatic carbocycles. The zero-order valence-corrected chi connectivity index (χ0v) is 23.6. The average Bonchev–Trinajstić information content (AvgIpc) is 2.99. The number of ether oxygens (including phenoxy) is 3. The number of carbonyl (C=O) groups excluding carboxylic acids is 5. The summed E-state index contributed by atoms with van der Waals surface area (Å²) in [4.78, 5) is 60.9. The van der Waals surface area contributed by atoms with E-state index in [1.807, 2.05) is 24.3 Å². The molecular formula is C29H28BrN3O8. The van der Waals surface area contributed by atoms with Crippen LogP contribution in [0.4, 0.5) is 9.59 Å². The molecule has 1 atom stereocenters. The predicted molar refractivity (Wildman–Crippen MR) is 150 cm³/mol. The van der Waals surface area contributed by atoms with Crippen molar-refractivity contribution >= 4 is 45.8 Å². The Morgan fingerprint density at radius 3 is 2.15 bits per heavy atom. The highest BCUT2D eigenvalue weighted by Crippen LogP contribution is 2.18. The van der Waals surface area contributed by atoms with Crippen LogP contribution in [-0.4, -0.2) is 35.9 Å². The molecule has 41 heavy (non-hydrogen) atoms. The quantitative estimate of drug-likeness (QED) is 0.125. The number of hydrazine groups is 1. The van der Waals surface area contributed by atoms with E-state index in [1.54, 1.807) is 42.5 Å². The van der Waals surface area contributed by atoms with Crippen LogP contribution in [-0.2, 0) is 43.5 Å². The Bertz CT molecular complexity index is 1370.